The van der Waals surface area contributed by atoms with E-state index in [-0.39, 0.29) is 29.8 Å². The summed E-state index contributed by atoms with van der Waals surface area (Å²) in [4.78, 5) is 31.7. The van der Waals surface area contributed by atoms with E-state index < -0.39 is 0 Å². The van der Waals surface area contributed by atoms with Gasteiger partial charge in [-0.3, -0.25) is 9.59 Å². The number of methoxy groups -OCH3 is 2. The van der Waals surface area contributed by atoms with Crippen molar-refractivity contribution in [2.45, 2.75) is 59.0 Å². The van der Waals surface area contributed by atoms with E-state index in [1.54, 1.807) is 30.5 Å². The van der Waals surface area contributed by atoms with Gasteiger partial charge in [-0.2, -0.15) is 0 Å². The molecule has 0 aliphatic carbocycles. The quantitative estimate of drug-likeness (QED) is 0.293. The van der Waals surface area contributed by atoms with E-state index in [4.69, 9.17) is 9.47 Å². The molecule has 2 aromatic carbocycles. The molecule has 38 heavy (non-hydrogen) atoms. The molecule has 1 heterocycles. The predicted octanol–water partition coefficient (Wildman–Crippen LogP) is 6.18. The Hall–Kier alpha value is -3.32. The highest BCUT2D eigenvalue weighted by molar-refractivity contribution is 7.09. The Kier molecular flexibility index (Phi) is 9.97. The molecule has 2 amide bonds. The molecule has 0 spiro atoms. The summed E-state index contributed by atoms with van der Waals surface area (Å²) >= 11 is 1.62. The van der Waals surface area contributed by atoms with E-state index >= 15 is 0 Å². The van der Waals surface area contributed by atoms with Crippen LogP contribution in [0.4, 0.5) is 0 Å². The molecule has 7 heteroatoms. The number of hydrogen-bond donors (Lipinski definition) is 0. The van der Waals surface area contributed by atoms with Crippen molar-refractivity contribution in [2.24, 2.45) is 0 Å². The lowest BCUT2D eigenvalue weighted by Gasteiger charge is -2.30. The summed E-state index contributed by atoms with van der Waals surface area (Å²) in [5, 5.41) is 2.01. The summed E-state index contributed by atoms with van der Waals surface area (Å²) < 4.78 is 10.8. The molecular formula is C31H40N2O4S. The molecule has 204 valence electrons. The van der Waals surface area contributed by atoms with Crippen LogP contribution in [0.1, 0.15) is 61.0 Å². The minimum absolute atomic E-state index is 0.00543. The summed E-state index contributed by atoms with van der Waals surface area (Å²) in [6, 6.07) is 17.4. The standard InChI is InChI=1S/C31H40N2O4S/c1-22(2)33(30(35)24-11-13-25(14-12-24)31(3,4)5)21-29(34)32(20-26-9-8-18-38-26)17-16-23-10-15-27(36-6)28(19-23)37-7/h8-15,18-19,22H,16-17,20-21H2,1-7H3. The molecular weight excluding hydrogens is 496 g/mol. The van der Waals surface area contributed by atoms with Crippen LogP contribution in [-0.4, -0.2) is 55.0 Å². The maximum atomic E-state index is 13.6. The first kappa shape index (κ1) is 29.2. The van der Waals surface area contributed by atoms with E-state index in [0.29, 0.717) is 36.6 Å². The van der Waals surface area contributed by atoms with Crippen LogP contribution in [0.2, 0.25) is 0 Å². The van der Waals surface area contributed by atoms with Crippen molar-refractivity contribution < 1.29 is 19.1 Å². The monoisotopic (exact) mass is 536 g/mol. The fraction of sp³-hybridized carbons (Fsp3) is 0.419. The van der Waals surface area contributed by atoms with Crippen LogP contribution in [0.3, 0.4) is 0 Å². The molecule has 0 N–H and O–H groups in total. The predicted molar refractivity (Wildman–Crippen MR) is 154 cm³/mol. The first-order valence-corrected chi connectivity index (χ1v) is 13.8. The minimum Gasteiger partial charge on any atom is -0.493 e. The Labute approximate surface area is 231 Å². The van der Waals surface area contributed by atoms with Gasteiger partial charge >= 0.3 is 0 Å². The molecule has 0 saturated carbocycles. The molecule has 0 radical (unpaired) electrons. The Balaban J connectivity index is 1.77. The zero-order chi connectivity index (χ0) is 27.9. The normalized spacial score (nSPS) is 11.4. The summed E-state index contributed by atoms with van der Waals surface area (Å²) in [5.74, 6) is 1.12. The van der Waals surface area contributed by atoms with Gasteiger partial charge < -0.3 is 19.3 Å². The van der Waals surface area contributed by atoms with E-state index in [2.05, 4.69) is 20.8 Å². The van der Waals surface area contributed by atoms with Gasteiger partial charge in [0.1, 0.15) is 6.54 Å². The molecule has 6 nitrogen and oxygen atoms in total. The van der Waals surface area contributed by atoms with E-state index in [1.807, 2.05) is 78.7 Å². The number of rotatable bonds is 11. The Morgan fingerprint density at radius 2 is 1.63 bits per heavy atom. The first-order valence-electron chi connectivity index (χ1n) is 13.0. The van der Waals surface area contributed by atoms with Gasteiger partial charge in [-0.15, -0.1) is 11.3 Å². The summed E-state index contributed by atoms with van der Waals surface area (Å²) in [5.41, 5.74) is 2.81. The van der Waals surface area contributed by atoms with Crippen molar-refractivity contribution in [3.05, 3.63) is 81.5 Å². The fourth-order valence-electron chi connectivity index (χ4n) is 4.20. The average Bonchev–Trinajstić information content (AvgIpc) is 3.41. The van der Waals surface area contributed by atoms with Crippen molar-refractivity contribution >= 4 is 23.2 Å². The largest absolute Gasteiger partial charge is 0.493 e. The number of hydrogen-bond acceptors (Lipinski definition) is 5. The molecule has 0 atom stereocenters. The molecule has 0 bridgehead atoms. The Morgan fingerprint density at radius 3 is 2.18 bits per heavy atom. The van der Waals surface area contributed by atoms with Gasteiger partial charge in [0.05, 0.1) is 20.8 Å². The van der Waals surface area contributed by atoms with Gasteiger partial charge in [0.2, 0.25) is 5.91 Å². The smallest absolute Gasteiger partial charge is 0.254 e. The van der Waals surface area contributed by atoms with Crippen LogP contribution >= 0.6 is 11.3 Å². The highest BCUT2D eigenvalue weighted by Crippen LogP contribution is 2.28. The number of thiophene rings is 1. The Morgan fingerprint density at radius 1 is 0.947 bits per heavy atom. The summed E-state index contributed by atoms with van der Waals surface area (Å²) in [7, 11) is 3.22. The van der Waals surface area contributed by atoms with E-state index in [1.165, 1.54) is 5.56 Å². The fourth-order valence-corrected chi connectivity index (χ4v) is 4.92. The lowest BCUT2D eigenvalue weighted by atomic mass is 9.86. The van der Waals surface area contributed by atoms with Gasteiger partial charge in [0.25, 0.3) is 5.91 Å². The number of amides is 2. The minimum atomic E-state index is -0.134. The summed E-state index contributed by atoms with van der Waals surface area (Å²) in [6.45, 7) is 11.4. The van der Waals surface area contributed by atoms with Crippen molar-refractivity contribution in [2.75, 3.05) is 27.3 Å². The van der Waals surface area contributed by atoms with Crippen molar-refractivity contribution in [1.29, 1.82) is 0 Å². The third kappa shape index (κ3) is 7.60. The maximum absolute atomic E-state index is 13.6. The molecule has 0 aliphatic rings. The maximum Gasteiger partial charge on any atom is 0.254 e. The second-order valence-electron chi connectivity index (χ2n) is 10.7. The number of ether oxygens (including phenoxy) is 2. The third-order valence-electron chi connectivity index (χ3n) is 6.59. The number of nitrogens with zero attached hydrogens (tertiary/aromatic N) is 2. The highest BCUT2D eigenvalue weighted by Gasteiger charge is 2.25. The number of carbonyl (C=O) groups excluding carboxylic acids is 2. The number of carbonyl (C=O) groups is 2. The topological polar surface area (TPSA) is 59.1 Å². The zero-order valence-corrected chi connectivity index (χ0v) is 24.4. The second kappa shape index (κ2) is 13.0. The van der Waals surface area contributed by atoms with Crippen molar-refractivity contribution in [3.63, 3.8) is 0 Å². The molecule has 0 unspecified atom stereocenters. The molecule has 3 aromatic rings. The molecule has 1 aromatic heterocycles. The van der Waals surface area contributed by atoms with Crippen LogP contribution < -0.4 is 9.47 Å². The van der Waals surface area contributed by atoms with Gasteiger partial charge in [0.15, 0.2) is 11.5 Å². The second-order valence-corrected chi connectivity index (χ2v) is 11.7. The molecule has 0 aliphatic heterocycles. The third-order valence-corrected chi connectivity index (χ3v) is 7.45. The van der Waals surface area contributed by atoms with E-state index in [0.717, 1.165) is 10.4 Å². The molecule has 0 fully saturated rings. The molecule has 0 saturated heterocycles. The van der Waals surface area contributed by atoms with Gasteiger partial charge in [-0.25, -0.2) is 0 Å². The van der Waals surface area contributed by atoms with Gasteiger partial charge in [-0.1, -0.05) is 45.0 Å². The van der Waals surface area contributed by atoms with Crippen LogP contribution in [-0.2, 0) is 23.2 Å². The lowest BCUT2D eigenvalue weighted by Crippen LogP contribution is -2.46. The molecule has 3 rings (SSSR count). The van der Waals surface area contributed by atoms with Crippen LogP contribution in [0.25, 0.3) is 0 Å². The highest BCUT2D eigenvalue weighted by atomic mass is 32.1. The average molecular weight is 537 g/mol. The lowest BCUT2D eigenvalue weighted by molar-refractivity contribution is -0.132. The van der Waals surface area contributed by atoms with Crippen LogP contribution in [0.15, 0.2) is 60.0 Å². The summed E-state index contributed by atoms with van der Waals surface area (Å²) in [6.07, 6.45) is 0.654. The van der Waals surface area contributed by atoms with Gasteiger partial charge in [0, 0.05) is 23.0 Å². The van der Waals surface area contributed by atoms with Gasteiger partial charge in [-0.05, 0) is 72.5 Å². The van der Waals surface area contributed by atoms with E-state index in [9.17, 15) is 9.59 Å². The number of benzene rings is 2. The van der Waals surface area contributed by atoms with Crippen molar-refractivity contribution in [3.8, 4) is 11.5 Å². The first-order chi connectivity index (χ1) is 18.0. The van der Waals surface area contributed by atoms with Crippen LogP contribution in [0, 0.1) is 0 Å². The Bertz CT molecular complexity index is 1200. The SMILES string of the molecule is COc1ccc(CCN(Cc2cccs2)C(=O)CN(C(=O)c2ccc(C(C)(C)C)cc2)C(C)C)cc1OC. The zero-order valence-electron chi connectivity index (χ0n) is 23.6. The van der Waals surface area contributed by atoms with Crippen LogP contribution in [0.5, 0.6) is 11.5 Å². The van der Waals surface area contributed by atoms with Crippen molar-refractivity contribution in [1.82, 2.24) is 9.80 Å².